The summed E-state index contributed by atoms with van der Waals surface area (Å²) < 4.78 is 0. The zero-order valence-electron chi connectivity index (χ0n) is 11.9. The van der Waals surface area contributed by atoms with E-state index in [1.165, 1.54) is 18.9 Å². The number of ketones is 1. The third kappa shape index (κ3) is 4.30. The first-order valence-electron chi connectivity index (χ1n) is 6.79. The molecule has 1 atom stereocenters. The summed E-state index contributed by atoms with van der Waals surface area (Å²) in [6, 6.07) is 1.77. The molecule has 1 fully saturated rings. The average molecular weight is 438 g/mol. The SMILES string of the molecule is Cc1cc(C)c(C(=O)/C=C/C2[CH]CCCC2)c(=O)[n-]1.[Ta]. The zero-order chi connectivity index (χ0) is 13.8. The molecule has 0 aliphatic heterocycles. The van der Waals surface area contributed by atoms with Gasteiger partial charge in [-0.2, -0.15) is 5.69 Å². The van der Waals surface area contributed by atoms with Crippen molar-refractivity contribution in [3.8, 4) is 0 Å². The number of aryl methyl sites for hydroxylation is 2. The molecular formula is C16H19NO2Ta-. The molecular weight excluding hydrogens is 419 g/mol. The van der Waals surface area contributed by atoms with Crippen molar-refractivity contribution in [1.82, 2.24) is 4.98 Å². The van der Waals surface area contributed by atoms with Gasteiger partial charge in [0.2, 0.25) is 0 Å². The smallest absolute Gasteiger partial charge is 0.187 e. The van der Waals surface area contributed by atoms with Crippen LogP contribution in [0.5, 0.6) is 0 Å². The average Bonchev–Trinajstić information content (AvgIpc) is 2.36. The standard InChI is InChI=1S/C16H20NO2.Ta/c1-11-10-12(2)17-16(19)15(11)14(18)9-8-13-6-4-3-5-7-13;/h6,8-10,13H,3-5,7H2,1-2H3,(H,17,18,19);/p-1/b9-8+;. The Kier molecular flexibility index (Phi) is 6.66. The summed E-state index contributed by atoms with van der Waals surface area (Å²) in [6.45, 7) is 3.54. The number of hydrogen-bond donors (Lipinski definition) is 0. The first-order chi connectivity index (χ1) is 9.08. The third-order valence-electron chi connectivity index (χ3n) is 3.51. The van der Waals surface area contributed by atoms with Crippen LogP contribution in [-0.4, -0.2) is 5.78 Å². The number of aromatic nitrogens is 1. The molecule has 1 heterocycles. The number of pyridine rings is 1. The Morgan fingerprint density at radius 2 is 2.10 bits per heavy atom. The van der Waals surface area contributed by atoms with Crippen LogP contribution in [0.25, 0.3) is 0 Å². The maximum atomic E-state index is 12.1. The molecule has 2 radical (unpaired) electrons. The Bertz CT molecular complexity index is 554. The predicted molar refractivity (Wildman–Crippen MR) is 75.2 cm³/mol. The molecule has 106 valence electrons. The third-order valence-corrected chi connectivity index (χ3v) is 3.51. The van der Waals surface area contributed by atoms with E-state index in [0.717, 1.165) is 12.8 Å². The fraction of sp³-hybridized carbons (Fsp3) is 0.438. The van der Waals surface area contributed by atoms with E-state index in [1.807, 2.05) is 6.08 Å². The summed E-state index contributed by atoms with van der Waals surface area (Å²) in [5.74, 6) is 0.139. The molecule has 1 aromatic heterocycles. The van der Waals surface area contributed by atoms with Gasteiger partial charge >= 0.3 is 0 Å². The van der Waals surface area contributed by atoms with Gasteiger partial charge in [0.1, 0.15) is 0 Å². The van der Waals surface area contributed by atoms with Gasteiger partial charge in [0.15, 0.2) is 5.78 Å². The van der Waals surface area contributed by atoms with E-state index < -0.39 is 5.56 Å². The molecule has 0 aromatic carbocycles. The van der Waals surface area contributed by atoms with Gasteiger partial charge in [0.25, 0.3) is 0 Å². The maximum absolute atomic E-state index is 12.1. The maximum Gasteiger partial charge on any atom is 0.187 e. The van der Waals surface area contributed by atoms with Gasteiger partial charge in [-0.25, -0.2) is 0 Å². The monoisotopic (exact) mass is 438 g/mol. The Hall–Kier alpha value is -0.900. The molecule has 1 aliphatic carbocycles. The van der Waals surface area contributed by atoms with Crippen LogP contribution in [0.15, 0.2) is 23.0 Å². The Labute approximate surface area is 135 Å². The van der Waals surface area contributed by atoms with E-state index in [-0.39, 0.29) is 33.7 Å². The van der Waals surface area contributed by atoms with Crippen LogP contribution in [0.3, 0.4) is 0 Å². The fourth-order valence-corrected chi connectivity index (χ4v) is 2.55. The summed E-state index contributed by atoms with van der Waals surface area (Å²) in [4.78, 5) is 27.7. The Morgan fingerprint density at radius 3 is 2.70 bits per heavy atom. The van der Waals surface area contributed by atoms with Crippen LogP contribution in [0.2, 0.25) is 0 Å². The van der Waals surface area contributed by atoms with E-state index in [2.05, 4.69) is 11.4 Å². The molecule has 0 saturated heterocycles. The molecule has 1 saturated carbocycles. The summed E-state index contributed by atoms with van der Waals surface area (Å²) in [6.07, 6.45) is 10.3. The van der Waals surface area contributed by atoms with E-state index in [4.69, 9.17) is 0 Å². The minimum absolute atomic E-state index is 0. The van der Waals surface area contributed by atoms with E-state index in [9.17, 15) is 9.59 Å². The van der Waals surface area contributed by atoms with Crippen molar-refractivity contribution in [2.24, 2.45) is 5.92 Å². The van der Waals surface area contributed by atoms with Crippen LogP contribution in [0, 0.1) is 26.2 Å². The fourth-order valence-electron chi connectivity index (χ4n) is 2.55. The van der Waals surface area contributed by atoms with Gasteiger partial charge in [-0.05, 0) is 43.7 Å². The minimum Gasteiger partial charge on any atom is -0.626 e. The van der Waals surface area contributed by atoms with Crippen LogP contribution < -0.4 is 10.5 Å². The number of nitrogens with zero attached hydrogens (tertiary/aromatic N) is 1. The molecule has 0 spiro atoms. The van der Waals surface area contributed by atoms with Crippen molar-refractivity contribution in [3.63, 3.8) is 0 Å². The minimum atomic E-state index is -0.417. The molecule has 0 amide bonds. The number of rotatable bonds is 3. The van der Waals surface area contributed by atoms with Crippen molar-refractivity contribution in [2.75, 3.05) is 0 Å². The van der Waals surface area contributed by atoms with Crippen LogP contribution >= 0.6 is 0 Å². The van der Waals surface area contributed by atoms with Crippen molar-refractivity contribution in [2.45, 2.75) is 39.5 Å². The molecule has 1 unspecified atom stereocenters. The molecule has 20 heavy (non-hydrogen) atoms. The molecule has 0 bridgehead atoms. The van der Waals surface area contributed by atoms with Gasteiger partial charge in [0.05, 0.1) is 5.56 Å². The van der Waals surface area contributed by atoms with Gasteiger partial charge in [-0.15, -0.1) is 0 Å². The number of carbonyl (C=O) groups is 1. The predicted octanol–water partition coefficient (Wildman–Crippen LogP) is 2.75. The summed E-state index contributed by atoms with van der Waals surface area (Å²) in [5.41, 5.74) is 1.15. The van der Waals surface area contributed by atoms with Crippen molar-refractivity contribution in [3.05, 3.63) is 51.8 Å². The number of allylic oxidation sites excluding steroid dienone is 2. The second-order valence-electron chi connectivity index (χ2n) is 5.17. The first-order valence-corrected chi connectivity index (χ1v) is 6.79. The second kappa shape index (κ2) is 7.77. The van der Waals surface area contributed by atoms with Gasteiger partial charge < -0.3 is 9.78 Å². The molecule has 1 aliphatic rings. The number of hydrogen-bond acceptors (Lipinski definition) is 2. The largest absolute Gasteiger partial charge is 0.626 e. The topological polar surface area (TPSA) is 48.2 Å². The quantitative estimate of drug-likeness (QED) is 0.539. The molecule has 1 aromatic rings. The summed E-state index contributed by atoms with van der Waals surface area (Å²) in [7, 11) is 0. The van der Waals surface area contributed by atoms with E-state index in [0.29, 0.717) is 17.2 Å². The van der Waals surface area contributed by atoms with Crippen molar-refractivity contribution >= 4 is 5.78 Å². The zero-order valence-corrected chi connectivity index (χ0v) is 15.1. The van der Waals surface area contributed by atoms with Gasteiger partial charge in [0, 0.05) is 27.9 Å². The van der Waals surface area contributed by atoms with Crippen molar-refractivity contribution < 1.29 is 27.2 Å². The normalized spacial score (nSPS) is 16.1. The van der Waals surface area contributed by atoms with E-state index >= 15 is 0 Å². The first kappa shape index (κ1) is 17.2. The van der Waals surface area contributed by atoms with Crippen LogP contribution in [0.4, 0.5) is 0 Å². The Morgan fingerprint density at radius 1 is 1.35 bits per heavy atom. The van der Waals surface area contributed by atoms with Crippen molar-refractivity contribution in [1.29, 1.82) is 0 Å². The second-order valence-corrected chi connectivity index (χ2v) is 5.17. The molecule has 0 N–H and O–H groups in total. The van der Waals surface area contributed by atoms with Gasteiger partial charge in [-0.3, -0.25) is 4.79 Å². The molecule has 4 heteroatoms. The Balaban J connectivity index is 0.00000200. The summed E-state index contributed by atoms with van der Waals surface area (Å²) >= 11 is 0. The van der Waals surface area contributed by atoms with Crippen LogP contribution in [0.1, 0.15) is 47.3 Å². The summed E-state index contributed by atoms with van der Waals surface area (Å²) in [5, 5.41) is 0. The van der Waals surface area contributed by atoms with Gasteiger partial charge in [-0.1, -0.05) is 31.9 Å². The number of carbonyl (C=O) groups excluding carboxylic acids is 1. The molecule has 2 rings (SSSR count). The van der Waals surface area contributed by atoms with E-state index in [1.54, 1.807) is 19.9 Å². The molecule has 3 nitrogen and oxygen atoms in total. The van der Waals surface area contributed by atoms with Crippen LogP contribution in [-0.2, 0) is 22.4 Å².